The molecule has 1 fully saturated rings. The standard InChI is InChI=1S/C14H21N3O2/c1-9-3-8-12(13(18)16-9)14(19)17(2)11-6-4-10(15)5-7-11/h3,8,10-11H,4-7,15H2,1-2H3,(H,16,18). The van der Waals surface area contributed by atoms with Crippen LogP contribution in [0.3, 0.4) is 0 Å². The summed E-state index contributed by atoms with van der Waals surface area (Å²) in [7, 11) is 1.77. The number of H-pyrrole nitrogens is 1. The number of amides is 1. The summed E-state index contributed by atoms with van der Waals surface area (Å²) >= 11 is 0. The zero-order valence-electron chi connectivity index (χ0n) is 11.5. The zero-order valence-corrected chi connectivity index (χ0v) is 11.5. The van der Waals surface area contributed by atoms with Gasteiger partial charge >= 0.3 is 0 Å². The smallest absolute Gasteiger partial charge is 0.260 e. The fourth-order valence-electron chi connectivity index (χ4n) is 2.59. The molecule has 1 aliphatic rings. The van der Waals surface area contributed by atoms with Crippen molar-refractivity contribution in [2.24, 2.45) is 5.73 Å². The van der Waals surface area contributed by atoms with Crippen LogP contribution in [0.2, 0.25) is 0 Å². The number of aromatic amines is 1. The first kappa shape index (κ1) is 13.8. The molecule has 1 aliphatic carbocycles. The molecular formula is C14H21N3O2. The first-order chi connectivity index (χ1) is 8.99. The summed E-state index contributed by atoms with van der Waals surface area (Å²) in [6, 6.07) is 3.79. The fraction of sp³-hybridized carbons (Fsp3) is 0.571. The average molecular weight is 263 g/mol. The molecule has 0 bridgehead atoms. The van der Waals surface area contributed by atoms with E-state index in [4.69, 9.17) is 5.73 Å². The van der Waals surface area contributed by atoms with Gasteiger partial charge in [0.2, 0.25) is 0 Å². The molecule has 2 rings (SSSR count). The molecule has 19 heavy (non-hydrogen) atoms. The molecule has 3 N–H and O–H groups in total. The van der Waals surface area contributed by atoms with Crippen molar-refractivity contribution in [3.05, 3.63) is 33.7 Å². The predicted octanol–water partition coefficient (Wildman–Crippen LogP) is 1.03. The van der Waals surface area contributed by atoms with E-state index >= 15 is 0 Å². The molecule has 1 aromatic rings. The van der Waals surface area contributed by atoms with Gasteiger partial charge in [-0.25, -0.2) is 0 Å². The van der Waals surface area contributed by atoms with Crippen molar-refractivity contribution in [1.82, 2.24) is 9.88 Å². The van der Waals surface area contributed by atoms with Crippen LogP contribution in [-0.2, 0) is 0 Å². The number of carbonyl (C=O) groups is 1. The Morgan fingerprint density at radius 1 is 1.32 bits per heavy atom. The molecule has 5 nitrogen and oxygen atoms in total. The van der Waals surface area contributed by atoms with Crippen molar-refractivity contribution in [1.29, 1.82) is 0 Å². The highest BCUT2D eigenvalue weighted by molar-refractivity contribution is 5.93. The average Bonchev–Trinajstić information content (AvgIpc) is 2.38. The summed E-state index contributed by atoms with van der Waals surface area (Å²) in [6.45, 7) is 1.79. The number of aromatic nitrogens is 1. The van der Waals surface area contributed by atoms with Crippen molar-refractivity contribution in [2.45, 2.75) is 44.7 Å². The number of nitrogens with one attached hydrogen (secondary N) is 1. The minimum Gasteiger partial charge on any atom is -0.339 e. The predicted molar refractivity (Wildman–Crippen MR) is 74.1 cm³/mol. The van der Waals surface area contributed by atoms with Gasteiger partial charge in [0.15, 0.2) is 0 Å². The molecule has 1 aromatic heterocycles. The molecule has 0 saturated heterocycles. The van der Waals surface area contributed by atoms with Gasteiger partial charge in [-0.05, 0) is 44.7 Å². The zero-order chi connectivity index (χ0) is 14.0. The largest absolute Gasteiger partial charge is 0.339 e. The highest BCUT2D eigenvalue weighted by Crippen LogP contribution is 2.22. The number of hydrogen-bond donors (Lipinski definition) is 2. The maximum absolute atomic E-state index is 12.3. The second kappa shape index (κ2) is 5.57. The lowest BCUT2D eigenvalue weighted by molar-refractivity contribution is 0.0688. The van der Waals surface area contributed by atoms with Crippen LogP contribution in [0.15, 0.2) is 16.9 Å². The number of pyridine rings is 1. The molecule has 1 saturated carbocycles. The van der Waals surface area contributed by atoms with Crippen LogP contribution >= 0.6 is 0 Å². The lowest BCUT2D eigenvalue weighted by atomic mass is 9.91. The lowest BCUT2D eigenvalue weighted by Crippen LogP contribution is -2.43. The van der Waals surface area contributed by atoms with Gasteiger partial charge in [-0.2, -0.15) is 0 Å². The molecule has 0 unspecified atom stereocenters. The number of hydrogen-bond acceptors (Lipinski definition) is 3. The van der Waals surface area contributed by atoms with Crippen molar-refractivity contribution in [3.8, 4) is 0 Å². The molecule has 104 valence electrons. The number of nitrogens with zero attached hydrogens (tertiary/aromatic N) is 1. The number of aryl methyl sites for hydroxylation is 1. The van der Waals surface area contributed by atoms with E-state index in [0.29, 0.717) is 0 Å². The Morgan fingerprint density at radius 2 is 1.95 bits per heavy atom. The normalized spacial score (nSPS) is 23.1. The Bertz CT molecular complexity index is 516. The van der Waals surface area contributed by atoms with E-state index in [1.807, 2.05) is 0 Å². The second-order valence-corrected chi connectivity index (χ2v) is 5.37. The van der Waals surface area contributed by atoms with Gasteiger partial charge in [0, 0.05) is 24.8 Å². The summed E-state index contributed by atoms with van der Waals surface area (Å²) < 4.78 is 0. The molecule has 0 spiro atoms. The Labute approximate surface area is 112 Å². The topological polar surface area (TPSA) is 79.2 Å². The van der Waals surface area contributed by atoms with Gasteiger partial charge in [-0.1, -0.05) is 0 Å². The maximum atomic E-state index is 12.3. The first-order valence-corrected chi connectivity index (χ1v) is 6.71. The molecule has 0 radical (unpaired) electrons. The molecule has 0 atom stereocenters. The molecular weight excluding hydrogens is 242 g/mol. The number of carbonyl (C=O) groups excluding carboxylic acids is 1. The van der Waals surface area contributed by atoms with Crippen molar-refractivity contribution < 1.29 is 4.79 Å². The van der Waals surface area contributed by atoms with Crippen LogP contribution in [0.5, 0.6) is 0 Å². The molecule has 0 aliphatic heterocycles. The molecule has 1 heterocycles. The van der Waals surface area contributed by atoms with Crippen molar-refractivity contribution in [3.63, 3.8) is 0 Å². The van der Waals surface area contributed by atoms with Crippen molar-refractivity contribution >= 4 is 5.91 Å². The van der Waals surface area contributed by atoms with Gasteiger partial charge in [0.25, 0.3) is 11.5 Å². The minimum absolute atomic E-state index is 0.188. The highest BCUT2D eigenvalue weighted by Gasteiger charge is 2.26. The second-order valence-electron chi connectivity index (χ2n) is 5.37. The van der Waals surface area contributed by atoms with E-state index in [9.17, 15) is 9.59 Å². The van der Waals surface area contributed by atoms with E-state index in [1.54, 1.807) is 31.0 Å². The van der Waals surface area contributed by atoms with Crippen molar-refractivity contribution in [2.75, 3.05) is 7.05 Å². The van der Waals surface area contributed by atoms with E-state index in [1.165, 1.54) is 0 Å². The Morgan fingerprint density at radius 3 is 2.53 bits per heavy atom. The third-order valence-electron chi connectivity index (χ3n) is 3.90. The molecule has 0 aromatic carbocycles. The van der Waals surface area contributed by atoms with Crippen LogP contribution < -0.4 is 11.3 Å². The Balaban J connectivity index is 2.12. The third kappa shape index (κ3) is 3.04. The van der Waals surface area contributed by atoms with E-state index < -0.39 is 0 Å². The van der Waals surface area contributed by atoms with Gasteiger partial charge in [0.05, 0.1) is 0 Å². The van der Waals surface area contributed by atoms with Crippen LogP contribution in [0.4, 0.5) is 0 Å². The van der Waals surface area contributed by atoms with Crippen LogP contribution in [0.1, 0.15) is 41.7 Å². The SMILES string of the molecule is Cc1ccc(C(=O)N(C)C2CCC(N)CC2)c(=O)[nH]1. The summed E-state index contributed by atoms with van der Waals surface area (Å²) in [5.41, 5.74) is 6.52. The van der Waals surface area contributed by atoms with Gasteiger partial charge in [0.1, 0.15) is 5.56 Å². The van der Waals surface area contributed by atoms with E-state index in [0.717, 1.165) is 31.4 Å². The molecule has 1 amide bonds. The summed E-state index contributed by atoms with van der Waals surface area (Å²) in [5.74, 6) is -0.207. The quantitative estimate of drug-likeness (QED) is 0.836. The summed E-state index contributed by atoms with van der Waals surface area (Å²) in [4.78, 5) is 28.5. The van der Waals surface area contributed by atoms with E-state index in [-0.39, 0.29) is 29.1 Å². The summed E-state index contributed by atoms with van der Waals surface area (Å²) in [6.07, 6.45) is 3.69. The summed E-state index contributed by atoms with van der Waals surface area (Å²) in [5, 5.41) is 0. The monoisotopic (exact) mass is 263 g/mol. The first-order valence-electron chi connectivity index (χ1n) is 6.71. The van der Waals surface area contributed by atoms with Crippen LogP contribution in [0.25, 0.3) is 0 Å². The van der Waals surface area contributed by atoms with E-state index in [2.05, 4.69) is 4.98 Å². The highest BCUT2D eigenvalue weighted by atomic mass is 16.2. The lowest BCUT2D eigenvalue weighted by Gasteiger charge is -2.33. The maximum Gasteiger partial charge on any atom is 0.260 e. The van der Waals surface area contributed by atoms with Gasteiger partial charge in [-0.15, -0.1) is 0 Å². The van der Waals surface area contributed by atoms with Gasteiger partial charge in [-0.3, -0.25) is 9.59 Å². The molecule has 5 heteroatoms. The Hall–Kier alpha value is -1.62. The third-order valence-corrected chi connectivity index (χ3v) is 3.90. The number of rotatable bonds is 2. The Kier molecular flexibility index (Phi) is 4.04. The number of nitrogens with two attached hydrogens (primary N) is 1. The van der Waals surface area contributed by atoms with Crippen LogP contribution in [-0.4, -0.2) is 34.9 Å². The van der Waals surface area contributed by atoms with Gasteiger partial charge < -0.3 is 15.6 Å². The van der Waals surface area contributed by atoms with Crippen LogP contribution in [0, 0.1) is 6.92 Å². The fourth-order valence-corrected chi connectivity index (χ4v) is 2.59. The minimum atomic E-state index is -0.315.